The number of aliphatic hydroxyl groups is 1. The molecule has 0 radical (unpaired) electrons. The van der Waals surface area contributed by atoms with E-state index in [1.165, 1.54) is 17.6 Å². The molecule has 9 heteroatoms. The number of fused-ring (bicyclic) bond motifs is 1. The first kappa shape index (κ1) is 19.0. The molecule has 0 aliphatic carbocycles. The van der Waals surface area contributed by atoms with Gasteiger partial charge in [0.25, 0.3) is 5.91 Å². The summed E-state index contributed by atoms with van der Waals surface area (Å²) in [5.74, 6) is 0.938. The second kappa shape index (κ2) is 7.45. The van der Waals surface area contributed by atoms with Crippen molar-refractivity contribution in [3.8, 4) is 10.6 Å². The second-order valence-electron chi connectivity index (χ2n) is 6.48. The van der Waals surface area contributed by atoms with Gasteiger partial charge in [-0.05, 0) is 32.1 Å². The number of aliphatic hydroxyl groups excluding tert-OH is 1. The van der Waals surface area contributed by atoms with E-state index in [-0.39, 0.29) is 12.5 Å². The molecule has 0 spiro atoms. The molecule has 8 nitrogen and oxygen atoms in total. The Morgan fingerprint density at radius 3 is 2.89 bits per heavy atom. The van der Waals surface area contributed by atoms with Gasteiger partial charge in [-0.1, -0.05) is 0 Å². The van der Waals surface area contributed by atoms with E-state index in [1.54, 1.807) is 30.3 Å². The van der Waals surface area contributed by atoms with Crippen LogP contribution in [0.4, 0.5) is 5.95 Å². The predicted molar refractivity (Wildman–Crippen MR) is 106 cm³/mol. The van der Waals surface area contributed by atoms with E-state index in [2.05, 4.69) is 20.6 Å². The van der Waals surface area contributed by atoms with Crippen molar-refractivity contribution in [2.24, 2.45) is 0 Å². The minimum Gasteiger partial charge on any atom is -0.395 e. The van der Waals surface area contributed by atoms with Gasteiger partial charge in [0.1, 0.15) is 5.82 Å². The number of allylic oxidation sites excluding steroid dienone is 1. The SMILES string of the molecule is CN/C(=C\C=N)Nc1nccc(-c2cc3c(s2)C(C)(C)N(CCO)C3=O)n1. The highest BCUT2D eigenvalue weighted by atomic mass is 32.1. The number of anilines is 1. The maximum atomic E-state index is 12.7. The fourth-order valence-corrected chi connectivity index (χ4v) is 4.31. The molecule has 27 heavy (non-hydrogen) atoms. The van der Waals surface area contributed by atoms with Crippen LogP contribution in [-0.4, -0.2) is 52.3 Å². The molecule has 4 N–H and O–H groups in total. The zero-order chi connectivity index (χ0) is 19.6. The molecule has 0 fully saturated rings. The monoisotopic (exact) mass is 386 g/mol. The quantitative estimate of drug-likeness (QED) is 0.541. The summed E-state index contributed by atoms with van der Waals surface area (Å²) in [4.78, 5) is 25.0. The fraction of sp³-hybridized carbons (Fsp3) is 0.333. The molecule has 0 unspecified atom stereocenters. The van der Waals surface area contributed by atoms with Gasteiger partial charge in [-0.2, -0.15) is 0 Å². The van der Waals surface area contributed by atoms with Crippen LogP contribution in [0.15, 0.2) is 30.2 Å². The molecule has 1 aliphatic heterocycles. The van der Waals surface area contributed by atoms with Crippen LogP contribution in [0, 0.1) is 5.41 Å². The number of carbonyl (C=O) groups excluding carboxylic acids is 1. The number of β-amino-alcohol motifs (C(OH)–C–C–N with tert-alkyl or cyclic N) is 1. The van der Waals surface area contributed by atoms with Crippen molar-refractivity contribution in [2.75, 3.05) is 25.5 Å². The van der Waals surface area contributed by atoms with Crippen molar-refractivity contribution < 1.29 is 9.90 Å². The van der Waals surface area contributed by atoms with E-state index in [0.29, 0.717) is 23.9 Å². The zero-order valence-corrected chi connectivity index (χ0v) is 16.2. The molecule has 0 saturated carbocycles. The molecule has 0 atom stereocenters. The van der Waals surface area contributed by atoms with Gasteiger partial charge >= 0.3 is 0 Å². The van der Waals surface area contributed by atoms with E-state index in [9.17, 15) is 9.90 Å². The van der Waals surface area contributed by atoms with Gasteiger partial charge in [0.05, 0.1) is 28.3 Å². The van der Waals surface area contributed by atoms with Gasteiger partial charge in [0.2, 0.25) is 5.95 Å². The summed E-state index contributed by atoms with van der Waals surface area (Å²) in [6.07, 6.45) is 4.38. The molecule has 142 valence electrons. The van der Waals surface area contributed by atoms with Gasteiger partial charge in [0, 0.05) is 30.9 Å². The molecule has 1 aliphatic rings. The average Bonchev–Trinajstić information content (AvgIpc) is 3.17. The molecule has 0 aromatic carbocycles. The number of hydrogen-bond acceptors (Lipinski definition) is 8. The Bertz CT molecular complexity index is 905. The van der Waals surface area contributed by atoms with Crippen molar-refractivity contribution in [2.45, 2.75) is 19.4 Å². The molecular formula is C18H22N6O2S. The zero-order valence-electron chi connectivity index (χ0n) is 15.4. The van der Waals surface area contributed by atoms with Crippen LogP contribution in [0.25, 0.3) is 10.6 Å². The third kappa shape index (κ3) is 3.43. The van der Waals surface area contributed by atoms with E-state index in [4.69, 9.17) is 5.41 Å². The number of aromatic nitrogens is 2. The Morgan fingerprint density at radius 1 is 1.48 bits per heavy atom. The van der Waals surface area contributed by atoms with E-state index >= 15 is 0 Å². The standard InChI is InChI=1S/C18H22N6O2S/c1-18(2)15-11(16(26)24(18)8-9-25)10-13(27-15)12-5-7-21-17(22-12)23-14(20-3)4-6-19/h4-7,10,19-20,25H,8-9H2,1-3H3,(H,21,22,23)/b14-4+,19-6?. The summed E-state index contributed by atoms with van der Waals surface area (Å²) in [6.45, 7) is 4.23. The molecule has 0 saturated heterocycles. The van der Waals surface area contributed by atoms with Crippen molar-refractivity contribution in [3.63, 3.8) is 0 Å². The number of thiophene rings is 1. The molecule has 2 aromatic heterocycles. The summed E-state index contributed by atoms with van der Waals surface area (Å²) in [6, 6.07) is 3.66. The minimum absolute atomic E-state index is 0.0605. The molecule has 2 aromatic rings. The smallest absolute Gasteiger partial charge is 0.255 e. The summed E-state index contributed by atoms with van der Waals surface area (Å²) >= 11 is 1.53. The second-order valence-corrected chi connectivity index (χ2v) is 7.53. The summed E-state index contributed by atoms with van der Waals surface area (Å²) in [7, 11) is 1.74. The van der Waals surface area contributed by atoms with Crippen LogP contribution in [0.3, 0.4) is 0 Å². The van der Waals surface area contributed by atoms with E-state index in [1.807, 2.05) is 19.9 Å². The number of nitrogens with one attached hydrogen (secondary N) is 3. The van der Waals surface area contributed by atoms with Crippen molar-refractivity contribution >= 4 is 29.4 Å². The lowest BCUT2D eigenvalue weighted by Crippen LogP contribution is -2.40. The Labute approximate surface area is 161 Å². The molecule has 1 amide bonds. The van der Waals surface area contributed by atoms with Crippen molar-refractivity contribution in [1.29, 1.82) is 5.41 Å². The Kier molecular flexibility index (Phi) is 5.24. The average molecular weight is 386 g/mol. The maximum absolute atomic E-state index is 12.7. The summed E-state index contributed by atoms with van der Waals surface area (Å²) in [5, 5.41) is 22.4. The Hall–Kier alpha value is -2.78. The number of nitrogens with zero attached hydrogens (tertiary/aromatic N) is 3. The fourth-order valence-electron chi connectivity index (χ4n) is 3.08. The number of amides is 1. The molecule has 0 bridgehead atoms. The van der Waals surface area contributed by atoms with Crippen molar-refractivity contribution in [1.82, 2.24) is 20.2 Å². The lowest BCUT2D eigenvalue weighted by molar-refractivity contribution is 0.0565. The van der Waals surface area contributed by atoms with Gasteiger partial charge in [0.15, 0.2) is 0 Å². The Morgan fingerprint density at radius 2 is 2.26 bits per heavy atom. The van der Waals surface area contributed by atoms with Crippen molar-refractivity contribution in [3.05, 3.63) is 40.7 Å². The molecule has 3 heterocycles. The topological polar surface area (TPSA) is 114 Å². The van der Waals surface area contributed by atoms with Gasteiger partial charge in [-0.15, -0.1) is 11.3 Å². The molecular weight excluding hydrogens is 364 g/mol. The number of hydrogen-bond donors (Lipinski definition) is 4. The lowest BCUT2D eigenvalue weighted by atomic mass is 10.0. The van der Waals surface area contributed by atoms with Gasteiger partial charge in [-0.25, -0.2) is 9.97 Å². The first-order valence-electron chi connectivity index (χ1n) is 8.48. The van der Waals surface area contributed by atoms with Gasteiger partial charge in [-0.3, -0.25) is 4.79 Å². The third-order valence-electron chi connectivity index (χ3n) is 4.44. The highest BCUT2D eigenvalue weighted by molar-refractivity contribution is 7.16. The van der Waals surface area contributed by atoms with Crippen LogP contribution in [0.5, 0.6) is 0 Å². The summed E-state index contributed by atoms with van der Waals surface area (Å²) in [5.41, 5.74) is 0.925. The summed E-state index contributed by atoms with van der Waals surface area (Å²) < 4.78 is 0. The highest BCUT2D eigenvalue weighted by Crippen LogP contribution is 2.45. The minimum atomic E-state index is -0.460. The van der Waals surface area contributed by atoms with Crippen LogP contribution in [-0.2, 0) is 5.54 Å². The van der Waals surface area contributed by atoms with Crippen LogP contribution in [0.1, 0.15) is 29.1 Å². The Balaban J connectivity index is 1.93. The first-order chi connectivity index (χ1) is 12.9. The number of carbonyl (C=O) groups is 1. The van der Waals surface area contributed by atoms with Crippen LogP contribution >= 0.6 is 11.3 Å². The van der Waals surface area contributed by atoms with Crippen LogP contribution in [0.2, 0.25) is 0 Å². The maximum Gasteiger partial charge on any atom is 0.255 e. The first-order valence-corrected chi connectivity index (χ1v) is 9.30. The lowest BCUT2D eigenvalue weighted by Gasteiger charge is -2.31. The molecule has 3 rings (SSSR count). The predicted octanol–water partition coefficient (Wildman–Crippen LogP) is 2.01. The normalized spacial score (nSPS) is 15.6. The van der Waals surface area contributed by atoms with Gasteiger partial charge < -0.3 is 26.0 Å². The largest absolute Gasteiger partial charge is 0.395 e. The van der Waals surface area contributed by atoms with Crippen LogP contribution < -0.4 is 10.6 Å². The third-order valence-corrected chi connectivity index (χ3v) is 5.91. The number of rotatable bonds is 7. The highest BCUT2D eigenvalue weighted by Gasteiger charge is 2.44. The van der Waals surface area contributed by atoms with E-state index in [0.717, 1.165) is 15.4 Å². The van der Waals surface area contributed by atoms with E-state index < -0.39 is 5.54 Å².